The van der Waals surface area contributed by atoms with Crippen LogP contribution < -0.4 is 11.1 Å². The van der Waals surface area contributed by atoms with Gasteiger partial charge in [-0.25, -0.2) is 4.98 Å². The van der Waals surface area contributed by atoms with Crippen molar-refractivity contribution in [2.75, 3.05) is 11.6 Å². The van der Waals surface area contributed by atoms with E-state index in [2.05, 4.69) is 17.2 Å². The fourth-order valence-corrected chi connectivity index (χ4v) is 4.18. The molecule has 3 N–H and O–H groups in total. The molecule has 1 unspecified atom stereocenters. The van der Waals surface area contributed by atoms with Crippen molar-refractivity contribution in [3.8, 4) is 0 Å². The molecule has 0 aliphatic heterocycles. The van der Waals surface area contributed by atoms with E-state index in [1.165, 1.54) is 4.88 Å². The van der Waals surface area contributed by atoms with Crippen LogP contribution in [0.25, 0.3) is 0 Å². The number of benzene rings is 1. The number of thioether (sulfide) groups is 1. The Kier molecular flexibility index (Phi) is 5.24. The second-order valence-corrected chi connectivity index (χ2v) is 7.32. The smallest absolute Gasteiger partial charge is 0.107 e. The normalized spacial score (nSPS) is 12.2. The van der Waals surface area contributed by atoms with Crippen molar-refractivity contribution < 1.29 is 0 Å². The number of thiocarbonyl (C=S) groups is 1. The Bertz CT molecular complexity index is 664. The summed E-state index contributed by atoms with van der Waals surface area (Å²) in [4.78, 5) is 7.25. The Hall–Kier alpha value is -1.11. The minimum absolute atomic E-state index is 0.168. The summed E-state index contributed by atoms with van der Waals surface area (Å²) in [6.07, 6.45) is 2.03. The predicted molar refractivity (Wildman–Crippen MR) is 97.7 cm³/mol. The van der Waals surface area contributed by atoms with Gasteiger partial charge < -0.3 is 11.1 Å². The average molecular weight is 338 g/mol. The van der Waals surface area contributed by atoms with Crippen LogP contribution in [-0.2, 0) is 0 Å². The van der Waals surface area contributed by atoms with Crippen molar-refractivity contribution in [3.05, 3.63) is 39.3 Å². The van der Waals surface area contributed by atoms with Crippen molar-refractivity contribution in [3.63, 3.8) is 0 Å². The van der Waals surface area contributed by atoms with E-state index < -0.39 is 0 Å². The molecule has 0 aliphatic rings. The number of nitrogens with two attached hydrogens (primary N) is 1. The van der Waals surface area contributed by atoms with Crippen LogP contribution in [0.1, 0.15) is 34.1 Å². The van der Waals surface area contributed by atoms with Crippen molar-refractivity contribution in [1.29, 1.82) is 0 Å². The van der Waals surface area contributed by atoms with Crippen LogP contribution in [0, 0.1) is 13.8 Å². The molecule has 1 atom stereocenters. The second kappa shape index (κ2) is 6.77. The summed E-state index contributed by atoms with van der Waals surface area (Å²) in [5.74, 6) is 0. The van der Waals surface area contributed by atoms with Gasteiger partial charge in [-0.1, -0.05) is 18.3 Å². The van der Waals surface area contributed by atoms with Crippen LogP contribution in [0.3, 0.4) is 0 Å². The molecule has 0 radical (unpaired) electrons. The minimum atomic E-state index is 0.168. The van der Waals surface area contributed by atoms with Gasteiger partial charge in [0.15, 0.2) is 0 Å². The maximum Gasteiger partial charge on any atom is 0.107 e. The monoisotopic (exact) mass is 337 g/mol. The van der Waals surface area contributed by atoms with Gasteiger partial charge in [0.1, 0.15) is 4.99 Å². The maximum absolute atomic E-state index is 5.91. The molecule has 1 aromatic heterocycles. The van der Waals surface area contributed by atoms with Crippen molar-refractivity contribution in [2.24, 2.45) is 5.73 Å². The van der Waals surface area contributed by atoms with Crippen molar-refractivity contribution >= 4 is 46.0 Å². The highest BCUT2D eigenvalue weighted by molar-refractivity contribution is 7.98. The highest BCUT2D eigenvalue weighted by Crippen LogP contribution is 2.32. The SMILES string of the molecule is CSc1cccc(NC(C)c2sc(C)nc2C)c1C(N)=S. The number of hydrogen-bond donors (Lipinski definition) is 2. The van der Waals surface area contributed by atoms with Gasteiger partial charge in [0.05, 0.1) is 16.7 Å². The van der Waals surface area contributed by atoms with Gasteiger partial charge in [-0.2, -0.15) is 0 Å². The molecule has 0 fully saturated rings. The first-order chi connectivity index (χ1) is 9.93. The number of aromatic nitrogens is 1. The van der Waals surface area contributed by atoms with E-state index >= 15 is 0 Å². The Labute approximate surface area is 139 Å². The molecule has 0 bridgehead atoms. The van der Waals surface area contributed by atoms with Gasteiger partial charge in [-0.15, -0.1) is 23.1 Å². The molecule has 2 aromatic rings. The number of thiazole rings is 1. The van der Waals surface area contributed by atoms with Gasteiger partial charge in [-0.3, -0.25) is 0 Å². The van der Waals surface area contributed by atoms with Crippen LogP contribution in [0.4, 0.5) is 5.69 Å². The topological polar surface area (TPSA) is 50.9 Å². The third kappa shape index (κ3) is 3.56. The van der Waals surface area contributed by atoms with Crippen molar-refractivity contribution in [1.82, 2.24) is 4.98 Å². The number of nitrogens with zero attached hydrogens (tertiary/aromatic N) is 1. The van der Waals surface area contributed by atoms with E-state index in [0.29, 0.717) is 4.99 Å². The van der Waals surface area contributed by atoms with Gasteiger partial charge in [-0.05, 0) is 39.2 Å². The first-order valence-corrected chi connectivity index (χ1v) is 9.06. The van der Waals surface area contributed by atoms with Gasteiger partial charge in [0.25, 0.3) is 0 Å². The zero-order chi connectivity index (χ0) is 15.6. The molecular weight excluding hydrogens is 318 g/mol. The summed E-state index contributed by atoms with van der Waals surface area (Å²) in [7, 11) is 0. The van der Waals surface area contributed by atoms with E-state index in [9.17, 15) is 0 Å². The minimum Gasteiger partial charge on any atom is -0.389 e. The van der Waals surface area contributed by atoms with E-state index in [0.717, 1.165) is 26.8 Å². The Morgan fingerprint density at radius 2 is 2.14 bits per heavy atom. The number of hydrogen-bond acceptors (Lipinski definition) is 5. The first-order valence-electron chi connectivity index (χ1n) is 6.61. The molecule has 0 aliphatic carbocycles. The van der Waals surface area contributed by atoms with E-state index in [1.807, 2.05) is 38.3 Å². The van der Waals surface area contributed by atoms with Crippen molar-refractivity contribution in [2.45, 2.75) is 31.7 Å². The second-order valence-electron chi connectivity index (χ2n) is 4.80. The van der Waals surface area contributed by atoms with Crippen LogP contribution in [0.15, 0.2) is 23.1 Å². The zero-order valence-corrected chi connectivity index (χ0v) is 15.0. The van der Waals surface area contributed by atoms with E-state index in [-0.39, 0.29) is 6.04 Å². The van der Waals surface area contributed by atoms with Gasteiger partial charge in [0.2, 0.25) is 0 Å². The molecule has 3 nitrogen and oxygen atoms in total. The number of rotatable bonds is 5. The number of nitrogens with one attached hydrogen (secondary N) is 1. The predicted octanol–water partition coefficient (Wildman–Crippen LogP) is 4.29. The maximum atomic E-state index is 5.91. The van der Waals surface area contributed by atoms with Crippen LogP contribution in [0.2, 0.25) is 0 Å². The lowest BCUT2D eigenvalue weighted by molar-refractivity contribution is 0.888. The quantitative estimate of drug-likeness (QED) is 0.630. The molecule has 0 spiro atoms. The third-order valence-electron chi connectivity index (χ3n) is 3.20. The van der Waals surface area contributed by atoms with Crippen LogP contribution >= 0.6 is 35.3 Å². The lowest BCUT2D eigenvalue weighted by Gasteiger charge is -2.19. The fraction of sp³-hybridized carbons (Fsp3) is 0.333. The number of anilines is 1. The Morgan fingerprint density at radius 1 is 1.43 bits per heavy atom. The van der Waals surface area contributed by atoms with Gasteiger partial charge in [0, 0.05) is 21.0 Å². The molecule has 0 saturated heterocycles. The highest BCUT2D eigenvalue weighted by atomic mass is 32.2. The Morgan fingerprint density at radius 3 is 2.67 bits per heavy atom. The Balaban J connectivity index is 2.35. The largest absolute Gasteiger partial charge is 0.389 e. The summed E-state index contributed by atoms with van der Waals surface area (Å²) >= 11 is 8.59. The van der Waals surface area contributed by atoms with E-state index in [4.69, 9.17) is 18.0 Å². The summed E-state index contributed by atoms with van der Waals surface area (Å²) in [5.41, 5.74) is 8.89. The molecule has 1 heterocycles. The molecule has 1 aromatic carbocycles. The fourth-order valence-electron chi connectivity index (χ4n) is 2.32. The molecule has 2 rings (SSSR count). The summed E-state index contributed by atoms with van der Waals surface area (Å²) in [6.45, 7) is 6.21. The number of aryl methyl sites for hydroxylation is 2. The first kappa shape index (κ1) is 16.3. The van der Waals surface area contributed by atoms with E-state index in [1.54, 1.807) is 23.1 Å². The third-order valence-corrected chi connectivity index (χ3v) is 5.44. The average Bonchev–Trinajstić information content (AvgIpc) is 2.77. The molecule has 112 valence electrons. The molecule has 0 saturated carbocycles. The molecule has 21 heavy (non-hydrogen) atoms. The molecule has 0 amide bonds. The summed E-state index contributed by atoms with van der Waals surface area (Å²) in [5, 5.41) is 4.61. The van der Waals surface area contributed by atoms with Crippen LogP contribution in [0.5, 0.6) is 0 Å². The van der Waals surface area contributed by atoms with Crippen LogP contribution in [-0.4, -0.2) is 16.2 Å². The summed E-state index contributed by atoms with van der Waals surface area (Å²) < 4.78 is 0. The lowest BCUT2D eigenvalue weighted by Crippen LogP contribution is -2.16. The molecule has 6 heteroatoms. The lowest BCUT2D eigenvalue weighted by atomic mass is 10.1. The standard InChI is InChI=1S/C15H19N3S3/c1-8-14(21-10(3)17-8)9(2)18-11-6-5-7-12(20-4)13(11)15(16)19/h5-7,9,18H,1-4H3,(H2,16,19). The summed E-state index contributed by atoms with van der Waals surface area (Å²) in [6, 6.07) is 6.25. The zero-order valence-electron chi connectivity index (χ0n) is 12.6. The van der Waals surface area contributed by atoms with Gasteiger partial charge >= 0.3 is 0 Å². The highest BCUT2D eigenvalue weighted by Gasteiger charge is 2.16. The molecular formula is C15H19N3S3.